The van der Waals surface area contributed by atoms with Crippen molar-refractivity contribution in [1.29, 1.82) is 0 Å². The van der Waals surface area contributed by atoms with Gasteiger partial charge in [-0.1, -0.05) is 13.3 Å². The van der Waals surface area contributed by atoms with Gasteiger partial charge in [0, 0.05) is 24.6 Å². The lowest BCUT2D eigenvalue weighted by atomic mass is 9.77. The van der Waals surface area contributed by atoms with Crippen LogP contribution in [0.25, 0.3) is 0 Å². The molecule has 1 aliphatic carbocycles. The van der Waals surface area contributed by atoms with E-state index in [9.17, 15) is 4.79 Å². The van der Waals surface area contributed by atoms with E-state index in [4.69, 9.17) is 10.5 Å². The van der Waals surface area contributed by atoms with E-state index >= 15 is 0 Å². The highest BCUT2D eigenvalue weighted by Crippen LogP contribution is 2.29. The van der Waals surface area contributed by atoms with Crippen LogP contribution < -0.4 is 11.1 Å². The van der Waals surface area contributed by atoms with Gasteiger partial charge in [0.2, 0.25) is 5.91 Å². The van der Waals surface area contributed by atoms with Crippen LogP contribution >= 0.6 is 0 Å². The average molecular weight is 242 g/mol. The Morgan fingerprint density at radius 1 is 1.53 bits per heavy atom. The van der Waals surface area contributed by atoms with Crippen LogP contribution in [-0.2, 0) is 9.53 Å². The summed E-state index contributed by atoms with van der Waals surface area (Å²) in [5.74, 6) is 0.491. The second kappa shape index (κ2) is 6.97. The molecule has 0 spiro atoms. The fraction of sp³-hybridized carbons (Fsp3) is 0.923. The van der Waals surface area contributed by atoms with Gasteiger partial charge in [-0.3, -0.25) is 4.79 Å². The van der Waals surface area contributed by atoms with Crippen LogP contribution in [0.1, 0.15) is 40.0 Å². The van der Waals surface area contributed by atoms with Crippen molar-refractivity contribution in [1.82, 2.24) is 5.32 Å². The normalized spacial score (nSPS) is 30.9. The minimum absolute atomic E-state index is 0.0721. The Hall–Kier alpha value is -0.610. The highest BCUT2D eigenvalue weighted by atomic mass is 16.5. The van der Waals surface area contributed by atoms with Gasteiger partial charge in [-0.05, 0) is 32.6 Å². The van der Waals surface area contributed by atoms with Crippen molar-refractivity contribution in [3.05, 3.63) is 0 Å². The van der Waals surface area contributed by atoms with Crippen molar-refractivity contribution in [2.75, 3.05) is 13.2 Å². The lowest BCUT2D eigenvalue weighted by molar-refractivity contribution is -0.128. The molecule has 0 aromatic rings. The van der Waals surface area contributed by atoms with E-state index in [1.165, 1.54) is 0 Å². The number of ether oxygens (including phenoxy) is 1. The van der Waals surface area contributed by atoms with E-state index in [1.807, 2.05) is 13.8 Å². The van der Waals surface area contributed by atoms with Crippen molar-refractivity contribution in [3.8, 4) is 0 Å². The minimum atomic E-state index is 0.0721. The Bertz CT molecular complexity index is 246. The molecule has 1 fully saturated rings. The van der Waals surface area contributed by atoms with Crippen molar-refractivity contribution in [2.45, 2.75) is 52.1 Å². The van der Waals surface area contributed by atoms with Gasteiger partial charge in [-0.25, -0.2) is 0 Å². The van der Waals surface area contributed by atoms with Crippen LogP contribution in [0.15, 0.2) is 0 Å². The maximum Gasteiger partial charge on any atom is 0.223 e. The zero-order valence-corrected chi connectivity index (χ0v) is 11.2. The molecule has 0 bridgehead atoms. The summed E-state index contributed by atoms with van der Waals surface area (Å²) in [7, 11) is 0. The average Bonchev–Trinajstić information content (AvgIpc) is 2.29. The largest absolute Gasteiger partial charge is 0.380 e. The molecule has 1 amide bonds. The van der Waals surface area contributed by atoms with Crippen LogP contribution in [0.3, 0.4) is 0 Å². The first kappa shape index (κ1) is 14.5. The molecule has 4 unspecified atom stereocenters. The van der Waals surface area contributed by atoms with E-state index in [0.717, 1.165) is 19.3 Å². The molecule has 1 aliphatic rings. The molecule has 4 nitrogen and oxygen atoms in total. The Kier molecular flexibility index (Phi) is 5.92. The standard InChI is InChI=1S/C13H26N2O2/c1-4-17-8-9(2)15-13(16)11-6-5-7-12(14)10(11)3/h9-12H,4-8,14H2,1-3H3,(H,15,16). The summed E-state index contributed by atoms with van der Waals surface area (Å²) in [6.07, 6.45) is 3.06. The molecule has 0 aliphatic heterocycles. The lowest BCUT2D eigenvalue weighted by Crippen LogP contribution is -2.47. The number of amides is 1. The number of rotatable bonds is 5. The van der Waals surface area contributed by atoms with Gasteiger partial charge in [0.05, 0.1) is 6.61 Å². The quantitative estimate of drug-likeness (QED) is 0.763. The van der Waals surface area contributed by atoms with Gasteiger partial charge in [0.15, 0.2) is 0 Å². The molecule has 4 atom stereocenters. The van der Waals surface area contributed by atoms with E-state index < -0.39 is 0 Å². The first-order valence-electron chi connectivity index (χ1n) is 6.70. The van der Waals surface area contributed by atoms with E-state index in [2.05, 4.69) is 12.2 Å². The molecule has 100 valence electrons. The number of hydrogen-bond donors (Lipinski definition) is 2. The van der Waals surface area contributed by atoms with E-state index in [0.29, 0.717) is 13.2 Å². The first-order valence-corrected chi connectivity index (χ1v) is 6.70. The SMILES string of the molecule is CCOCC(C)NC(=O)C1CCCC(N)C1C. The van der Waals surface area contributed by atoms with Crippen molar-refractivity contribution in [2.24, 2.45) is 17.6 Å². The predicted molar refractivity (Wildman–Crippen MR) is 68.6 cm³/mol. The Labute approximate surface area is 104 Å². The summed E-state index contributed by atoms with van der Waals surface area (Å²) in [6, 6.07) is 0.245. The monoisotopic (exact) mass is 242 g/mol. The fourth-order valence-corrected chi connectivity index (χ4v) is 2.45. The van der Waals surface area contributed by atoms with Gasteiger partial charge < -0.3 is 15.8 Å². The van der Waals surface area contributed by atoms with Crippen molar-refractivity contribution in [3.63, 3.8) is 0 Å². The summed E-state index contributed by atoms with van der Waals surface area (Å²) < 4.78 is 5.29. The molecule has 0 radical (unpaired) electrons. The van der Waals surface area contributed by atoms with Gasteiger partial charge in [-0.15, -0.1) is 0 Å². The molecule has 0 aromatic carbocycles. The third kappa shape index (κ3) is 4.28. The zero-order valence-electron chi connectivity index (χ0n) is 11.2. The molecule has 4 heteroatoms. The van der Waals surface area contributed by atoms with E-state index in [1.54, 1.807) is 0 Å². The highest BCUT2D eigenvalue weighted by molar-refractivity contribution is 5.79. The number of carbonyl (C=O) groups is 1. The minimum Gasteiger partial charge on any atom is -0.380 e. The summed E-state index contributed by atoms with van der Waals surface area (Å²) in [5, 5.41) is 3.02. The number of nitrogens with two attached hydrogens (primary N) is 1. The molecule has 0 heterocycles. The lowest BCUT2D eigenvalue weighted by Gasteiger charge is -2.33. The maximum absolute atomic E-state index is 12.1. The number of nitrogens with one attached hydrogen (secondary N) is 1. The highest BCUT2D eigenvalue weighted by Gasteiger charge is 2.32. The Morgan fingerprint density at radius 3 is 2.88 bits per heavy atom. The fourth-order valence-electron chi connectivity index (χ4n) is 2.45. The summed E-state index contributed by atoms with van der Waals surface area (Å²) >= 11 is 0. The smallest absolute Gasteiger partial charge is 0.223 e. The van der Waals surface area contributed by atoms with Gasteiger partial charge >= 0.3 is 0 Å². The van der Waals surface area contributed by atoms with Crippen LogP contribution in [0.5, 0.6) is 0 Å². The second-order valence-corrected chi connectivity index (χ2v) is 5.13. The van der Waals surface area contributed by atoms with Crippen LogP contribution in [0.4, 0.5) is 0 Å². The summed E-state index contributed by atoms with van der Waals surface area (Å²) in [5.41, 5.74) is 6.01. The van der Waals surface area contributed by atoms with Gasteiger partial charge in [0.1, 0.15) is 0 Å². The number of hydrogen-bond acceptors (Lipinski definition) is 3. The molecule has 1 saturated carbocycles. The number of carbonyl (C=O) groups excluding carboxylic acids is 1. The third-order valence-corrected chi connectivity index (χ3v) is 3.66. The molecule has 0 aromatic heterocycles. The molecule has 1 rings (SSSR count). The van der Waals surface area contributed by atoms with E-state index in [-0.39, 0.29) is 29.8 Å². The molecule has 3 N–H and O–H groups in total. The Morgan fingerprint density at radius 2 is 2.24 bits per heavy atom. The van der Waals surface area contributed by atoms with Crippen LogP contribution in [0, 0.1) is 11.8 Å². The zero-order chi connectivity index (χ0) is 12.8. The summed E-state index contributed by atoms with van der Waals surface area (Å²) in [6.45, 7) is 7.28. The third-order valence-electron chi connectivity index (χ3n) is 3.66. The summed E-state index contributed by atoms with van der Waals surface area (Å²) in [4.78, 5) is 12.1. The molecule has 0 saturated heterocycles. The topological polar surface area (TPSA) is 64.3 Å². The Balaban J connectivity index is 2.40. The predicted octanol–water partition coefficient (Wildman–Crippen LogP) is 1.29. The maximum atomic E-state index is 12.1. The molecule has 17 heavy (non-hydrogen) atoms. The van der Waals surface area contributed by atoms with Crippen LogP contribution in [0.2, 0.25) is 0 Å². The second-order valence-electron chi connectivity index (χ2n) is 5.13. The van der Waals surface area contributed by atoms with Crippen molar-refractivity contribution < 1.29 is 9.53 Å². The molecular formula is C13H26N2O2. The van der Waals surface area contributed by atoms with Crippen LogP contribution in [-0.4, -0.2) is 31.2 Å². The van der Waals surface area contributed by atoms with Gasteiger partial charge in [-0.2, -0.15) is 0 Å². The molecular weight excluding hydrogens is 216 g/mol. The first-order chi connectivity index (χ1) is 8.06. The van der Waals surface area contributed by atoms with Gasteiger partial charge in [0.25, 0.3) is 0 Å². The van der Waals surface area contributed by atoms with Crippen molar-refractivity contribution >= 4 is 5.91 Å².